The quantitative estimate of drug-likeness (QED) is 0.642. The van der Waals surface area contributed by atoms with Crippen molar-refractivity contribution in [2.45, 2.75) is 33.1 Å². The average molecular weight is 182 g/mol. The summed E-state index contributed by atoms with van der Waals surface area (Å²) in [7, 11) is 0. The summed E-state index contributed by atoms with van der Waals surface area (Å²) in [6, 6.07) is 0. The summed E-state index contributed by atoms with van der Waals surface area (Å²) in [5, 5.41) is 4.17. The first kappa shape index (κ1) is 9.00. The minimum atomic E-state index is -0.0881. The molecule has 0 aromatic rings. The van der Waals surface area contributed by atoms with Gasteiger partial charge >= 0.3 is 0 Å². The van der Waals surface area contributed by atoms with E-state index in [0.717, 1.165) is 38.9 Å². The summed E-state index contributed by atoms with van der Waals surface area (Å²) in [6.45, 7) is 7.22. The van der Waals surface area contributed by atoms with Gasteiger partial charge in [0.1, 0.15) is 0 Å². The fourth-order valence-corrected chi connectivity index (χ4v) is 2.58. The van der Waals surface area contributed by atoms with Crippen LogP contribution in [0.3, 0.4) is 0 Å². The Morgan fingerprint density at radius 2 is 2.23 bits per heavy atom. The molecule has 0 bridgehead atoms. The molecule has 74 valence electrons. The molecule has 0 N–H and O–H groups in total. The number of carbonyl (C=O) groups is 1. The van der Waals surface area contributed by atoms with Gasteiger partial charge < -0.3 is 0 Å². The summed E-state index contributed by atoms with van der Waals surface area (Å²) >= 11 is 0. The first-order valence-corrected chi connectivity index (χ1v) is 5.24. The molecular weight excluding hydrogens is 164 g/mol. The summed E-state index contributed by atoms with van der Waals surface area (Å²) in [6.07, 6.45) is 3.27. The van der Waals surface area contributed by atoms with E-state index in [9.17, 15) is 4.79 Å². The predicted molar refractivity (Wildman–Crippen MR) is 50.9 cm³/mol. The van der Waals surface area contributed by atoms with E-state index in [2.05, 4.69) is 18.9 Å². The smallest absolute Gasteiger partial charge is 0.244 e. The molecule has 2 rings (SSSR count). The molecule has 2 heterocycles. The van der Waals surface area contributed by atoms with Crippen molar-refractivity contribution in [2.75, 3.05) is 19.6 Å². The van der Waals surface area contributed by atoms with Gasteiger partial charge in [-0.05, 0) is 19.8 Å². The highest BCUT2D eigenvalue weighted by Crippen LogP contribution is 2.36. The van der Waals surface area contributed by atoms with Crippen molar-refractivity contribution in [1.82, 2.24) is 10.0 Å². The molecule has 1 atom stereocenters. The highest BCUT2D eigenvalue weighted by molar-refractivity contribution is 5.84. The lowest BCUT2D eigenvalue weighted by Gasteiger charge is -2.20. The van der Waals surface area contributed by atoms with Crippen molar-refractivity contribution in [2.24, 2.45) is 5.41 Å². The van der Waals surface area contributed by atoms with Gasteiger partial charge in [0, 0.05) is 19.6 Å². The van der Waals surface area contributed by atoms with Crippen LogP contribution >= 0.6 is 0 Å². The van der Waals surface area contributed by atoms with Crippen molar-refractivity contribution in [3.8, 4) is 0 Å². The van der Waals surface area contributed by atoms with Crippen molar-refractivity contribution in [3.05, 3.63) is 0 Å². The third-order valence-corrected chi connectivity index (χ3v) is 3.21. The van der Waals surface area contributed by atoms with Crippen molar-refractivity contribution in [1.29, 1.82) is 0 Å². The van der Waals surface area contributed by atoms with Crippen molar-refractivity contribution >= 4 is 5.91 Å². The SMILES string of the molecule is CCC[C@]1(C)CN2CCCN2C1=O. The van der Waals surface area contributed by atoms with E-state index < -0.39 is 0 Å². The molecule has 3 nitrogen and oxygen atoms in total. The largest absolute Gasteiger partial charge is 0.275 e. The van der Waals surface area contributed by atoms with Crippen LogP contribution < -0.4 is 0 Å². The lowest BCUT2D eigenvalue weighted by molar-refractivity contribution is -0.139. The molecule has 0 aliphatic carbocycles. The van der Waals surface area contributed by atoms with Gasteiger partial charge in [0.05, 0.1) is 5.41 Å². The summed E-state index contributed by atoms with van der Waals surface area (Å²) in [5.74, 6) is 0.354. The zero-order valence-electron chi connectivity index (χ0n) is 8.55. The van der Waals surface area contributed by atoms with Crippen molar-refractivity contribution < 1.29 is 4.79 Å². The fourth-order valence-electron chi connectivity index (χ4n) is 2.58. The molecule has 0 saturated carbocycles. The third-order valence-electron chi connectivity index (χ3n) is 3.21. The Bertz CT molecular complexity index is 229. The second-order valence-corrected chi connectivity index (χ2v) is 4.48. The minimum Gasteiger partial charge on any atom is -0.275 e. The molecule has 1 amide bonds. The normalized spacial score (nSPS) is 34.3. The van der Waals surface area contributed by atoms with Crippen LogP contribution in [-0.4, -0.2) is 35.6 Å². The second-order valence-electron chi connectivity index (χ2n) is 4.48. The van der Waals surface area contributed by atoms with E-state index in [1.54, 1.807) is 0 Å². The molecule has 13 heavy (non-hydrogen) atoms. The zero-order chi connectivity index (χ0) is 9.47. The molecule has 0 aromatic carbocycles. The van der Waals surface area contributed by atoms with Gasteiger partial charge in [-0.15, -0.1) is 0 Å². The van der Waals surface area contributed by atoms with Gasteiger partial charge in [-0.1, -0.05) is 13.3 Å². The number of hydrogen-bond acceptors (Lipinski definition) is 2. The molecule has 2 saturated heterocycles. The molecule has 0 spiro atoms. The number of carbonyl (C=O) groups excluding carboxylic acids is 1. The van der Waals surface area contributed by atoms with E-state index in [1.807, 2.05) is 5.01 Å². The maximum Gasteiger partial charge on any atom is 0.244 e. The van der Waals surface area contributed by atoms with Crippen LogP contribution in [0.4, 0.5) is 0 Å². The van der Waals surface area contributed by atoms with Crippen molar-refractivity contribution in [3.63, 3.8) is 0 Å². The Morgan fingerprint density at radius 3 is 2.85 bits per heavy atom. The maximum absolute atomic E-state index is 12.0. The molecular formula is C10H18N2O. The van der Waals surface area contributed by atoms with E-state index in [4.69, 9.17) is 0 Å². The maximum atomic E-state index is 12.0. The number of hydrogen-bond donors (Lipinski definition) is 0. The number of nitrogens with zero attached hydrogens (tertiary/aromatic N) is 2. The Labute approximate surface area is 79.7 Å². The van der Waals surface area contributed by atoms with Crippen LogP contribution in [0.5, 0.6) is 0 Å². The standard InChI is InChI=1S/C10H18N2O/c1-3-5-10(2)8-11-6-4-7-12(11)9(10)13/h3-8H2,1-2H3/t10-/m1/s1. The van der Waals surface area contributed by atoms with E-state index in [1.165, 1.54) is 0 Å². The van der Waals surface area contributed by atoms with Crippen LogP contribution in [0.1, 0.15) is 33.1 Å². The van der Waals surface area contributed by atoms with Crippen LogP contribution in [0.2, 0.25) is 0 Å². The number of fused-ring (bicyclic) bond motifs is 1. The monoisotopic (exact) mass is 182 g/mol. The first-order valence-electron chi connectivity index (χ1n) is 5.24. The second kappa shape index (κ2) is 2.98. The lowest BCUT2D eigenvalue weighted by atomic mass is 9.85. The molecule has 0 aromatic heterocycles. The molecule has 3 heteroatoms. The minimum absolute atomic E-state index is 0.0881. The summed E-state index contributed by atoms with van der Waals surface area (Å²) in [4.78, 5) is 12.0. The van der Waals surface area contributed by atoms with Gasteiger partial charge in [-0.25, -0.2) is 5.01 Å². The zero-order valence-corrected chi connectivity index (χ0v) is 8.55. The molecule has 2 aliphatic heterocycles. The van der Waals surface area contributed by atoms with Gasteiger partial charge in [-0.2, -0.15) is 0 Å². The lowest BCUT2D eigenvalue weighted by Crippen LogP contribution is -2.34. The van der Waals surface area contributed by atoms with Crippen LogP contribution in [0.25, 0.3) is 0 Å². The molecule has 0 unspecified atom stereocenters. The Morgan fingerprint density at radius 1 is 1.46 bits per heavy atom. The van der Waals surface area contributed by atoms with E-state index in [0.29, 0.717) is 5.91 Å². The van der Waals surface area contributed by atoms with E-state index >= 15 is 0 Å². The Kier molecular flexibility index (Phi) is 2.06. The highest BCUT2D eigenvalue weighted by atomic mass is 16.2. The van der Waals surface area contributed by atoms with Gasteiger partial charge in [0.2, 0.25) is 5.91 Å². The third kappa shape index (κ3) is 1.26. The summed E-state index contributed by atoms with van der Waals surface area (Å²) < 4.78 is 0. The topological polar surface area (TPSA) is 23.6 Å². The first-order chi connectivity index (χ1) is 6.17. The molecule has 2 fully saturated rings. The van der Waals surface area contributed by atoms with Crippen LogP contribution in [0, 0.1) is 5.41 Å². The van der Waals surface area contributed by atoms with Gasteiger partial charge in [0.15, 0.2) is 0 Å². The van der Waals surface area contributed by atoms with Gasteiger partial charge in [-0.3, -0.25) is 9.80 Å². The highest BCUT2D eigenvalue weighted by Gasteiger charge is 2.48. The van der Waals surface area contributed by atoms with Crippen LogP contribution in [0.15, 0.2) is 0 Å². The number of hydrazine groups is 1. The number of rotatable bonds is 2. The molecule has 0 radical (unpaired) electrons. The average Bonchev–Trinajstić information content (AvgIpc) is 2.58. The Hall–Kier alpha value is -0.570. The predicted octanol–water partition coefficient (Wildman–Crippen LogP) is 1.26. The van der Waals surface area contributed by atoms with Gasteiger partial charge in [0.25, 0.3) is 0 Å². The van der Waals surface area contributed by atoms with Crippen LogP contribution in [-0.2, 0) is 4.79 Å². The number of amides is 1. The molecule has 2 aliphatic rings. The fraction of sp³-hybridized carbons (Fsp3) is 0.900. The summed E-state index contributed by atoms with van der Waals surface area (Å²) in [5.41, 5.74) is -0.0881. The Balaban J connectivity index is 2.13. The van der Waals surface area contributed by atoms with E-state index in [-0.39, 0.29) is 5.41 Å².